The van der Waals surface area contributed by atoms with E-state index in [1.54, 1.807) is 5.32 Å². The summed E-state index contributed by atoms with van der Waals surface area (Å²) in [5, 5.41) is 4.32. The highest BCUT2D eigenvalue weighted by Gasteiger charge is 2.64. The number of carbonyl (C=O) groups is 1. The lowest BCUT2D eigenvalue weighted by Crippen LogP contribution is -2.36. The molecular formula is C14H10F8N4O. The van der Waals surface area contributed by atoms with E-state index in [0.29, 0.717) is 7.05 Å². The largest absolute Gasteiger partial charge is 0.459 e. The molecule has 0 saturated heterocycles. The molecule has 0 fully saturated rings. The summed E-state index contributed by atoms with van der Waals surface area (Å²) >= 11 is 0. The van der Waals surface area contributed by atoms with Crippen LogP contribution >= 0.6 is 0 Å². The highest BCUT2D eigenvalue weighted by molar-refractivity contribution is 6.04. The van der Waals surface area contributed by atoms with Crippen LogP contribution in [0.15, 0.2) is 24.3 Å². The molecule has 0 saturated carbocycles. The minimum Gasteiger partial charge on any atom is -0.399 e. The topological polar surface area (TPSA) is 72.9 Å². The van der Waals surface area contributed by atoms with Crippen molar-refractivity contribution in [2.45, 2.75) is 18.3 Å². The van der Waals surface area contributed by atoms with Gasteiger partial charge in [0.1, 0.15) is 11.4 Å². The summed E-state index contributed by atoms with van der Waals surface area (Å²) in [4.78, 5) is 12.1. The Morgan fingerprint density at radius 2 is 1.70 bits per heavy atom. The molecule has 0 aliphatic carbocycles. The van der Waals surface area contributed by atoms with Gasteiger partial charge in [0.2, 0.25) is 0 Å². The van der Waals surface area contributed by atoms with Crippen molar-refractivity contribution in [1.29, 1.82) is 0 Å². The van der Waals surface area contributed by atoms with Crippen LogP contribution in [0.5, 0.6) is 0 Å². The molecule has 13 heteroatoms. The minimum absolute atomic E-state index is 0.0768. The molecule has 5 nitrogen and oxygen atoms in total. The van der Waals surface area contributed by atoms with Crippen LogP contribution in [0.4, 0.5) is 46.6 Å². The highest BCUT2D eigenvalue weighted by Crippen LogP contribution is 2.49. The summed E-state index contributed by atoms with van der Waals surface area (Å²) in [6, 6.07) is 4.89. The van der Waals surface area contributed by atoms with Gasteiger partial charge in [-0.3, -0.25) is 9.48 Å². The smallest absolute Gasteiger partial charge is 0.399 e. The van der Waals surface area contributed by atoms with Crippen molar-refractivity contribution >= 4 is 17.4 Å². The van der Waals surface area contributed by atoms with Crippen molar-refractivity contribution in [2.24, 2.45) is 7.05 Å². The Hall–Kier alpha value is -2.86. The van der Waals surface area contributed by atoms with Gasteiger partial charge < -0.3 is 11.1 Å². The van der Waals surface area contributed by atoms with E-state index in [0.717, 1.165) is 12.1 Å². The zero-order valence-electron chi connectivity index (χ0n) is 13.2. The molecule has 0 aliphatic heterocycles. The third-order valence-electron chi connectivity index (χ3n) is 3.36. The molecule has 27 heavy (non-hydrogen) atoms. The SMILES string of the molecule is Cn1nc(C(F)(F)C(F)(F)F)c(C(F)(F)F)c1NC(=O)c1cccc(N)c1. The number of halogens is 8. The molecule has 1 aromatic heterocycles. The van der Waals surface area contributed by atoms with E-state index in [9.17, 15) is 39.9 Å². The zero-order valence-corrected chi connectivity index (χ0v) is 13.2. The van der Waals surface area contributed by atoms with E-state index in [4.69, 9.17) is 5.73 Å². The molecule has 1 aromatic carbocycles. The van der Waals surface area contributed by atoms with Crippen LogP contribution < -0.4 is 11.1 Å². The lowest BCUT2D eigenvalue weighted by molar-refractivity contribution is -0.292. The Bertz CT molecular complexity index is 869. The van der Waals surface area contributed by atoms with Crippen LogP contribution in [0.1, 0.15) is 21.6 Å². The van der Waals surface area contributed by atoms with Crippen LogP contribution in [-0.4, -0.2) is 21.9 Å². The molecule has 1 amide bonds. The van der Waals surface area contributed by atoms with E-state index < -0.39 is 41.3 Å². The molecular weight excluding hydrogens is 392 g/mol. The lowest BCUT2D eigenvalue weighted by atomic mass is 10.1. The van der Waals surface area contributed by atoms with E-state index in [-0.39, 0.29) is 15.9 Å². The fraction of sp³-hybridized carbons (Fsp3) is 0.286. The fourth-order valence-electron chi connectivity index (χ4n) is 2.15. The van der Waals surface area contributed by atoms with Gasteiger partial charge in [-0.2, -0.15) is 40.2 Å². The number of nitrogens with one attached hydrogen (secondary N) is 1. The number of hydrogen-bond acceptors (Lipinski definition) is 3. The molecule has 3 N–H and O–H groups in total. The number of hydrogen-bond donors (Lipinski definition) is 2. The Labute approximate surface area is 145 Å². The van der Waals surface area contributed by atoms with Crippen molar-refractivity contribution in [3.05, 3.63) is 41.1 Å². The number of nitrogens with two attached hydrogens (primary N) is 1. The number of carbonyl (C=O) groups excluding carboxylic acids is 1. The monoisotopic (exact) mass is 402 g/mol. The molecule has 0 radical (unpaired) electrons. The second kappa shape index (κ2) is 6.39. The number of nitrogen functional groups attached to an aromatic ring is 1. The normalized spacial score (nSPS) is 12.9. The van der Waals surface area contributed by atoms with Crippen LogP contribution in [0, 0.1) is 0 Å². The summed E-state index contributed by atoms with van der Waals surface area (Å²) in [6.45, 7) is 0. The third-order valence-corrected chi connectivity index (χ3v) is 3.36. The standard InChI is InChI=1S/C14H10F8N4O/c1-26-10(24-11(27)6-3-2-4-7(23)5-6)8(13(17,18)19)9(25-26)12(15,16)14(20,21)22/h2-5H,23H2,1H3,(H,24,27). The number of anilines is 2. The van der Waals surface area contributed by atoms with Gasteiger partial charge in [-0.1, -0.05) is 6.07 Å². The summed E-state index contributed by atoms with van der Waals surface area (Å²) in [7, 11) is 0.681. The molecule has 0 aliphatic rings. The van der Waals surface area contributed by atoms with E-state index in [1.807, 2.05) is 0 Å². The van der Waals surface area contributed by atoms with Gasteiger partial charge in [-0.25, -0.2) is 0 Å². The molecule has 2 aromatic rings. The number of nitrogens with zero attached hydrogens (tertiary/aromatic N) is 2. The highest BCUT2D eigenvalue weighted by atomic mass is 19.4. The number of amides is 1. The Balaban J connectivity index is 2.59. The van der Waals surface area contributed by atoms with Gasteiger partial charge in [0, 0.05) is 18.3 Å². The zero-order chi connectivity index (χ0) is 20.8. The maximum absolute atomic E-state index is 13.5. The quantitative estimate of drug-likeness (QED) is 0.604. The molecule has 0 bridgehead atoms. The summed E-state index contributed by atoms with van der Waals surface area (Å²) in [5.74, 6) is -8.47. The minimum atomic E-state index is -6.32. The lowest BCUT2D eigenvalue weighted by Gasteiger charge is -2.19. The first-order chi connectivity index (χ1) is 12.2. The maximum atomic E-state index is 13.5. The number of rotatable bonds is 3. The van der Waals surface area contributed by atoms with Crippen molar-refractivity contribution in [2.75, 3.05) is 11.1 Å². The van der Waals surface area contributed by atoms with Crippen molar-refractivity contribution in [3.63, 3.8) is 0 Å². The van der Waals surface area contributed by atoms with Crippen molar-refractivity contribution < 1.29 is 39.9 Å². The van der Waals surface area contributed by atoms with Gasteiger partial charge >= 0.3 is 18.3 Å². The predicted octanol–water partition coefficient (Wildman–Crippen LogP) is 3.93. The van der Waals surface area contributed by atoms with Crippen LogP contribution in [0.3, 0.4) is 0 Å². The van der Waals surface area contributed by atoms with E-state index >= 15 is 0 Å². The number of benzene rings is 1. The number of alkyl halides is 8. The van der Waals surface area contributed by atoms with E-state index in [1.165, 1.54) is 12.1 Å². The summed E-state index contributed by atoms with van der Waals surface area (Å²) < 4.78 is 104. The van der Waals surface area contributed by atoms with Gasteiger partial charge in [-0.15, -0.1) is 0 Å². The molecule has 2 rings (SSSR count). The molecule has 1 heterocycles. The van der Waals surface area contributed by atoms with Crippen molar-refractivity contribution in [3.8, 4) is 0 Å². The van der Waals surface area contributed by atoms with Gasteiger partial charge in [0.25, 0.3) is 5.91 Å². The molecule has 0 unspecified atom stereocenters. The summed E-state index contributed by atoms with van der Waals surface area (Å²) in [6.07, 6.45) is -12.0. The average molecular weight is 402 g/mol. The Kier molecular flexibility index (Phi) is 4.84. The first-order valence-corrected chi connectivity index (χ1v) is 6.92. The Morgan fingerprint density at radius 3 is 2.19 bits per heavy atom. The van der Waals surface area contributed by atoms with Crippen LogP contribution in [-0.2, 0) is 19.1 Å². The van der Waals surface area contributed by atoms with E-state index in [2.05, 4.69) is 5.10 Å². The summed E-state index contributed by atoms with van der Waals surface area (Å²) in [5.41, 5.74) is 0.300. The fourth-order valence-corrected chi connectivity index (χ4v) is 2.15. The second-order valence-corrected chi connectivity index (χ2v) is 5.35. The Morgan fingerprint density at radius 1 is 1.11 bits per heavy atom. The van der Waals surface area contributed by atoms with Crippen molar-refractivity contribution in [1.82, 2.24) is 9.78 Å². The molecule has 0 atom stereocenters. The molecule has 0 spiro atoms. The first-order valence-electron chi connectivity index (χ1n) is 6.92. The van der Waals surface area contributed by atoms with Gasteiger partial charge in [0.05, 0.1) is 0 Å². The predicted molar refractivity (Wildman–Crippen MR) is 77.0 cm³/mol. The maximum Gasteiger partial charge on any atom is 0.459 e. The van der Waals surface area contributed by atoms with Crippen LogP contribution in [0.2, 0.25) is 0 Å². The third kappa shape index (κ3) is 3.80. The molecule has 148 valence electrons. The van der Waals surface area contributed by atoms with Gasteiger partial charge in [0.15, 0.2) is 5.69 Å². The second-order valence-electron chi connectivity index (χ2n) is 5.35. The average Bonchev–Trinajstić information content (AvgIpc) is 2.83. The number of aryl methyl sites for hydroxylation is 1. The first kappa shape index (κ1) is 20.5. The van der Waals surface area contributed by atoms with Gasteiger partial charge in [-0.05, 0) is 18.2 Å². The number of aromatic nitrogens is 2. The van der Waals surface area contributed by atoms with Crippen LogP contribution in [0.25, 0.3) is 0 Å².